The van der Waals surface area contributed by atoms with Gasteiger partial charge in [0.25, 0.3) is 0 Å². The number of guanidine groups is 1. The third-order valence-corrected chi connectivity index (χ3v) is 6.88. The van der Waals surface area contributed by atoms with Crippen molar-refractivity contribution < 1.29 is 9.53 Å². The van der Waals surface area contributed by atoms with Gasteiger partial charge in [-0.2, -0.15) is 0 Å². The number of hydrogen-bond donors (Lipinski definition) is 2. The van der Waals surface area contributed by atoms with Crippen LogP contribution in [-0.2, 0) is 24.3 Å². The van der Waals surface area contributed by atoms with E-state index in [9.17, 15) is 4.79 Å². The van der Waals surface area contributed by atoms with Crippen LogP contribution >= 0.6 is 35.3 Å². The minimum atomic E-state index is 0. The van der Waals surface area contributed by atoms with Crippen molar-refractivity contribution in [2.75, 3.05) is 26.7 Å². The van der Waals surface area contributed by atoms with Gasteiger partial charge in [-0.05, 0) is 60.7 Å². The Morgan fingerprint density at radius 3 is 2.91 bits per heavy atom. The maximum absolute atomic E-state index is 12.6. The maximum atomic E-state index is 12.6. The number of thiophene rings is 1. The van der Waals surface area contributed by atoms with Crippen molar-refractivity contribution in [3.8, 4) is 5.75 Å². The third kappa shape index (κ3) is 6.84. The van der Waals surface area contributed by atoms with Gasteiger partial charge in [0.05, 0.1) is 6.61 Å². The Kier molecular flexibility index (Phi) is 9.22. The molecule has 2 N–H and O–H groups in total. The Morgan fingerprint density at radius 2 is 2.12 bits per heavy atom. The van der Waals surface area contributed by atoms with E-state index < -0.39 is 0 Å². The normalized spacial score (nSPS) is 15.6. The number of hydrogen-bond acceptors (Lipinski definition) is 4. The van der Waals surface area contributed by atoms with Crippen LogP contribution in [0, 0.1) is 12.8 Å². The van der Waals surface area contributed by atoms with E-state index in [4.69, 9.17) is 4.74 Å². The van der Waals surface area contributed by atoms with Crippen molar-refractivity contribution in [1.82, 2.24) is 15.5 Å². The van der Waals surface area contributed by atoms with Crippen LogP contribution in [-0.4, -0.2) is 43.5 Å². The summed E-state index contributed by atoms with van der Waals surface area (Å²) in [5.74, 6) is 2.55. The molecule has 1 aliphatic carbocycles. The lowest BCUT2D eigenvalue weighted by Crippen LogP contribution is -2.40. The molecule has 0 spiro atoms. The van der Waals surface area contributed by atoms with Crippen LogP contribution in [0.5, 0.6) is 5.75 Å². The zero-order valence-electron chi connectivity index (χ0n) is 18.9. The first kappa shape index (κ1) is 24.8. The number of carbonyl (C=O) groups is 1. The highest BCUT2D eigenvalue weighted by molar-refractivity contribution is 14.0. The molecule has 1 aromatic carbocycles. The zero-order valence-corrected chi connectivity index (χ0v) is 22.0. The van der Waals surface area contributed by atoms with Gasteiger partial charge in [-0.1, -0.05) is 12.1 Å². The topological polar surface area (TPSA) is 66.0 Å². The zero-order chi connectivity index (χ0) is 21.6. The van der Waals surface area contributed by atoms with Crippen molar-refractivity contribution >= 4 is 47.2 Å². The molecule has 0 unspecified atom stereocenters. The van der Waals surface area contributed by atoms with Gasteiger partial charge in [0.2, 0.25) is 5.91 Å². The van der Waals surface area contributed by atoms with E-state index in [0.717, 1.165) is 43.3 Å². The molecule has 0 atom stereocenters. The number of aliphatic imine (C=N–C) groups is 1. The monoisotopic (exact) mass is 568 g/mol. The number of fused-ring (bicyclic) bond motifs is 1. The summed E-state index contributed by atoms with van der Waals surface area (Å²) in [4.78, 5) is 20.3. The molecule has 8 heteroatoms. The minimum Gasteiger partial charge on any atom is -0.493 e. The van der Waals surface area contributed by atoms with Gasteiger partial charge in [0.1, 0.15) is 5.75 Å². The SMILES string of the molecule is CN=C(NCCC(=O)N1CCc2sccc2C1)NCc1ccc(C)cc1OCC1CC1.I. The second-order valence-electron chi connectivity index (χ2n) is 8.40. The Balaban J connectivity index is 0.00000289. The molecule has 1 aromatic heterocycles. The van der Waals surface area contributed by atoms with Crippen LogP contribution in [0.3, 0.4) is 0 Å². The first-order valence-electron chi connectivity index (χ1n) is 11.1. The summed E-state index contributed by atoms with van der Waals surface area (Å²) in [5.41, 5.74) is 3.61. The lowest BCUT2D eigenvalue weighted by molar-refractivity contribution is -0.131. The summed E-state index contributed by atoms with van der Waals surface area (Å²) in [6, 6.07) is 8.45. The number of carbonyl (C=O) groups excluding carboxylic acids is 1. The molecule has 32 heavy (non-hydrogen) atoms. The first-order valence-corrected chi connectivity index (χ1v) is 12.0. The van der Waals surface area contributed by atoms with E-state index in [1.54, 1.807) is 18.4 Å². The van der Waals surface area contributed by atoms with E-state index >= 15 is 0 Å². The van der Waals surface area contributed by atoms with Crippen LogP contribution < -0.4 is 15.4 Å². The van der Waals surface area contributed by atoms with Gasteiger partial charge in [0, 0.05) is 50.1 Å². The molecule has 1 fully saturated rings. The van der Waals surface area contributed by atoms with E-state index in [2.05, 4.69) is 52.2 Å². The molecule has 6 nitrogen and oxygen atoms in total. The van der Waals surface area contributed by atoms with E-state index in [1.165, 1.54) is 28.8 Å². The lowest BCUT2D eigenvalue weighted by atomic mass is 10.1. The van der Waals surface area contributed by atoms with Crippen LogP contribution in [0.25, 0.3) is 0 Å². The average molecular weight is 569 g/mol. The summed E-state index contributed by atoms with van der Waals surface area (Å²) < 4.78 is 6.06. The van der Waals surface area contributed by atoms with Crippen molar-refractivity contribution in [2.24, 2.45) is 10.9 Å². The molecule has 174 valence electrons. The third-order valence-electron chi connectivity index (χ3n) is 5.86. The van der Waals surface area contributed by atoms with Crippen LogP contribution in [0.15, 0.2) is 34.6 Å². The highest BCUT2D eigenvalue weighted by Gasteiger charge is 2.23. The fourth-order valence-corrected chi connectivity index (χ4v) is 4.63. The fraction of sp³-hybridized carbons (Fsp3) is 0.500. The summed E-state index contributed by atoms with van der Waals surface area (Å²) in [6.07, 6.45) is 3.98. The number of aryl methyl sites for hydroxylation is 1. The van der Waals surface area contributed by atoms with Gasteiger partial charge in [-0.15, -0.1) is 35.3 Å². The molecule has 4 rings (SSSR count). The standard InChI is InChI=1S/C24H32N4O2S.HI/c1-17-3-6-19(21(13-17)30-16-18-4-5-18)14-27-24(25-2)26-10-7-23(29)28-11-8-22-20(15-28)9-12-31-22;/h3,6,9,12-13,18H,4-5,7-8,10-11,14-16H2,1-2H3,(H2,25,26,27);1H. The Morgan fingerprint density at radius 1 is 1.28 bits per heavy atom. The predicted octanol–water partition coefficient (Wildman–Crippen LogP) is 4.10. The Hall–Kier alpha value is -1.81. The summed E-state index contributed by atoms with van der Waals surface area (Å²) >= 11 is 1.79. The lowest BCUT2D eigenvalue weighted by Gasteiger charge is -2.27. The molecule has 1 aliphatic heterocycles. The molecule has 1 saturated carbocycles. The van der Waals surface area contributed by atoms with Crippen molar-refractivity contribution in [1.29, 1.82) is 0 Å². The smallest absolute Gasteiger partial charge is 0.224 e. The van der Waals surface area contributed by atoms with Gasteiger partial charge in [-0.3, -0.25) is 9.79 Å². The molecule has 0 bridgehead atoms. The number of ether oxygens (including phenoxy) is 1. The van der Waals surface area contributed by atoms with Crippen LogP contribution in [0.2, 0.25) is 0 Å². The molecular weight excluding hydrogens is 535 g/mol. The molecule has 2 aromatic rings. The van der Waals surface area contributed by atoms with Crippen LogP contribution in [0.4, 0.5) is 0 Å². The molecule has 0 radical (unpaired) electrons. The number of rotatable bonds is 8. The highest BCUT2D eigenvalue weighted by atomic mass is 127. The number of nitrogens with zero attached hydrogens (tertiary/aromatic N) is 2. The Bertz CT molecular complexity index is 942. The fourth-order valence-electron chi connectivity index (χ4n) is 3.74. The second kappa shape index (κ2) is 11.9. The highest BCUT2D eigenvalue weighted by Crippen LogP contribution is 2.30. The number of benzene rings is 1. The first-order chi connectivity index (χ1) is 15.1. The molecular formula is C24H33IN4O2S. The summed E-state index contributed by atoms with van der Waals surface area (Å²) in [7, 11) is 1.75. The predicted molar refractivity (Wildman–Crippen MR) is 141 cm³/mol. The minimum absolute atomic E-state index is 0. The van der Waals surface area contributed by atoms with Crippen molar-refractivity contribution in [2.45, 2.75) is 45.7 Å². The van der Waals surface area contributed by atoms with Gasteiger partial charge in [-0.25, -0.2) is 0 Å². The summed E-state index contributed by atoms with van der Waals surface area (Å²) in [6.45, 7) is 5.62. The molecule has 2 aliphatic rings. The quantitative estimate of drug-likeness (QED) is 0.286. The Labute approximate surface area is 211 Å². The van der Waals surface area contributed by atoms with Crippen molar-refractivity contribution in [3.05, 3.63) is 51.2 Å². The number of halogens is 1. The van der Waals surface area contributed by atoms with E-state index in [-0.39, 0.29) is 29.9 Å². The summed E-state index contributed by atoms with van der Waals surface area (Å²) in [5, 5.41) is 8.73. The molecule has 1 amide bonds. The number of amides is 1. The van der Waals surface area contributed by atoms with Gasteiger partial charge >= 0.3 is 0 Å². The molecule has 0 saturated heterocycles. The maximum Gasteiger partial charge on any atom is 0.224 e. The number of nitrogens with one attached hydrogen (secondary N) is 2. The van der Waals surface area contributed by atoms with E-state index in [0.29, 0.717) is 25.5 Å². The second-order valence-corrected chi connectivity index (χ2v) is 9.40. The molecule has 2 heterocycles. The van der Waals surface area contributed by atoms with Crippen LogP contribution in [0.1, 0.15) is 40.8 Å². The van der Waals surface area contributed by atoms with E-state index in [1.807, 2.05) is 4.90 Å². The average Bonchev–Trinajstić information content (AvgIpc) is 3.49. The van der Waals surface area contributed by atoms with Crippen molar-refractivity contribution in [3.63, 3.8) is 0 Å². The van der Waals surface area contributed by atoms with Gasteiger partial charge in [0.15, 0.2) is 5.96 Å². The largest absolute Gasteiger partial charge is 0.493 e. The van der Waals surface area contributed by atoms with Gasteiger partial charge < -0.3 is 20.3 Å².